The minimum atomic E-state index is -1.27. The number of nitrogens with zero attached hydrogens (tertiary/aromatic N) is 4. The Morgan fingerprint density at radius 1 is 1.12 bits per heavy atom. The highest BCUT2D eigenvalue weighted by Crippen LogP contribution is 2.44. The number of carboxylic acid groups (broad SMARTS) is 1. The number of ether oxygens (including phenoxy) is 1. The summed E-state index contributed by atoms with van der Waals surface area (Å²) in [6.07, 6.45) is -1.10. The summed E-state index contributed by atoms with van der Waals surface area (Å²) in [5, 5.41) is 25.0. The fourth-order valence-corrected chi connectivity index (χ4v) is 4.09. The molecule has 2 amide bonds. The van der Waals surface area contributed by atoms with Crippen LogP contribution in [0.1, 0.15) is 29.3 Å². The van der Waals surface area contributed by atoms with Crippen LogP contribution in [0.2, 0.25) is 0 Å². The van der Waals surface area contributed by atoms with E-state index < -0.39 is 30.4 Å². The molecule has 34 heavy (non-hydrogen) atoms. The van der Waals surface area contributed by atoms with Gasteiger partial charge in [-0.15, -0.1) is 10.2 Å². The summed E-state index contributed by atoms with van der Waals surface area (Å²) in [6, 6.07) is 14.6. The number of fused-ring (bicyclic) bond motifs is 3. The SMILES string of the molecule is CN(CCc1nn[nH]n1)C(=O)C(CC(=O)O)NC(=O)OCC1c2ccccc2-c2ccccc21. The van der Waals surface area contributed by atoms with Crippen molar-refractivity contribution in [3.8, 4) is 11.1 Å². The first kappa shape index (κ1) is 22.9. The number of hydrogen-bond acceptors (Lipinski definition) is 7. The van der Waals surface area contributed by atoms with Gasteiger partial charge in [0.05, 0.1) is 6.42 Å². The second-order valence-corrected chi connectivity index (χ2v) is 7.96. The summed E-state index contributed by atoms with van der Waals surface area (Å²) < 4.78 is 5.45. The Morgan fingerprint density at radius 2 is 1.76 bits per heavy atom. The molecule has 3 aromatic rings. The van der Waals surface area contributed by atoms with Crippen molar-refractivity contribution in [2.75, 3.05) is 20.2 Å². The number of rotatable bonds is 9. The van der Waals surface area contributed by atoms with Crippen LogP contribution in [-0.2, 0) is 20.7 Å². The van der Waals surface area contributed by atoms with Crippen LogP contribution in [-0.4, -0.2) is 74.8 Å². The maximum atomic E-state index is 12.8. The van der Waals surface area contributed by atoms with Crippen molar-refractivity contribution >= 4 is 18.0 Å². The van der Waals surface area contributed by atoms with E-state index in [0.29, 0.717) is 12.2 Å². The number of amides is 2. The van der Waals surface area contributed by atoms with Gasteiger partial charge in [-0.25, -0.2) is 4.79 Å². The van der Waals surface area contributed by atoms with E-state index in [-0.39, 0.29) is 19.1 Å². The molecular weight excluding hydrogens is 440 g/mol. The Kier molecular flexibility index (Phi) is 6.81. The molecule has 176 valence electrons. The highest BCUT2D eigenvalue weighted by atomic mass is 16.5. The number of hydrogen-bond donors (Lipinski definition) is 3. The average Bonchev–Trinajstić information content (AvgIpc) is 3.46. The van der Waals surface area contributed by atoms with Gasteiger partial charge in [0, 0.05) is 25.9 Å². The maximum Gasteiger partial charge on any atom is 0.407 e. The minimum absolute atomic E-state index is 0.0571. The topological polar surface area (TPSA) is 150 Å². The van der Waals surface area contributed by atoms with E-state index in [1.54, 1.807) is 0 Å². The van der Waals surface area contributed by atoms with E-state index in [4.69, 9.17) is 4.74 Å². The number of carbonyl (C=O) groups is 3. The molecule has 1 aliphatic rings. The van der Waals surface area contributed by atoms with Crippen molar-refractivity contribution in [2.24, 2.45) is 0 Å². The lowest BCUT2D eigenvalue weighted by Crippen LogP contribution is -2.49. The first-order valence-electron chi connectivity index (χ1n) is 10.7. The summed E-state index contributed by atoms with van der Waals surface area (Å²) in [4.78, 5) is 38.0. The lowest BCUT2D eigenvalue weighted by atomic mass is 9.98. The van der Waals surface area contributed by atoms with Gasteiger partial charge in [0.2, 0.25) is 5.91 Å². The Hall–Kier alpha value is -4.28. The van der Waals surface area contributed by atoms with E-state index in [9.17, 15) is 19.5 Å². The molecule has 0 radical (unpaired) electrons. The van der Waals surface area contributed by atoms with Crippen LogP contribution in [0.3, 0.4) is 0 Å². The number of nitrogens with one attached hydrogen (secondary N) is 2. The number of carbonyl (C=O) groups excluding carboxylic acids is 2. The fraction of sp³-hybridized carbons (Fsp3) is 0.304. The summed E-state index contributed by atoms with van der Waals surface area (Å²) >= 11 is 0. The highest BCUT2D eigenvalue weighted by molar-refractivity contribution is 5.89. The molecule has 0 spiro atoms. The monoisotopic (exact) mass is 464 g/mol. The van der Waals surface area contributed by atoms with E-state index in [2.05, 4.69) is 25.9 Å². The van der Waals surface area contributed by atoms with Gasteiger partial charge in [0.25, 0.3) is 0 Å². The number of H-pyrrole nitrogens is 1. The molecule has 0 saturated carbocycles. The molecule has 1 heterocycles. The molecule has 2 aromatic carbocycles. The van der Waals surface area contributed by atoms with Gasteiger partial charge >= 0.3 is 12.1 Å². The molecule has 3 N–H and O–H groups in total. The maximum absolute atomic E-state index is 12.8. The van der Waals surface area contributed by atoms with E-state index in [0.717, 1.165) is 22.3 Å². The number of aromatic nitrogens is 4. The predicted molar refractivity (Wildman–Crippen MR) is 120 cm³/mol. The molecule has 1 unspecified atom stereocenters. The van der Waals surface area contributed by atoms with Gasteiger partial charge in [-0.2, -0.15) is 5.21 Å². The Balaban J connectivity index is 1.38. The number of likely N-dealkylation sites (N-methyl/N-ethyl adjacent to an activating group) is 1. The molecule has 1 atom stereocenters. The van der Waals surface area contributed by atoms with Crippen LogP contribution in [0.5, 0.6) is 0 Å². The average molecular weight is 464 g/mol. The van der Waals surface area contributed by atoms with E-state index in [1.807, 2.05) is 48.5 Å². The highest BCUT2D eigenvalue weighted by Gasteiger charge is 2.31. The third kappa shape index (κ3) is 5.03. The van der Waals surface area contributed by atoms with Crippen LogP contribution in [0.4, 0.5) is 4.79 Å². The van der Waals surface area contributed by atoms with Crippen molar-refractivity contribution in [3.63, 3.8) is 0 Å². The molecule has 4 rings (SSSR count). The zero-order valence-electron chi connectivity index (χ0n) is 18.5. The van der Waals surface area contributed by atoms with Crippen molar-refractivity contribution in [1.82, 2.24) is 30.8 Å². The first-order chi connectivity index (χ1) is 16.4. The molecule has 0 saturated heterocycles. The molecular formula is C23H24N6O5. The predicted octanol–water partition coefficient (Wildman–Crippen LogP) is 1.58. The van der Waals surface area contributed by atoms with Crippen molar-refractivity contribution in [3.05, 3.63) is 65.5 Å². The number of carboxylic acids is 1. The summed E-state index contributed by atoms with van der Waals surface area (Å²) in [5.74, 6) is -1.51. The first-order valence-corrected chi connectivity index (χ1v) is 10.7. The smallest absolute Gasteiger partial charge is 0.407 e. The number of aromatic amines is 1. The summed E-state index contributed by atoms with van der Waals surface area (Å²) in [6.45, 7) is 0.280. The largest absolute Gasteiger partial charge is 0.481 e. The van der Waals surface area contributed by atoms with Gasteiger partial charge in [0.15, 0.2) is 5.82 Å². The van der Waals surface area contributed by atoms with Crippen LogP contribution in [0, 0.1) is 0 Å². The quantitative estimate of drug-likeness (QED) is 0.432. The van der Waals surface area contributed by atoms with Gasteiger partial charge in [0.1, 0.15) is 12.6 Å². The fourth-order valence-electron chi connectivity index (χ4n) is 4.09. The van der Waals surface area contributed by atoms with Crippen LogP contribution in [0.25, 0.3) is 11.1 Å². The van der Waals surface area contributed by atoms with Gasteiger partial charge in [-0.05, 0) is 22.3 Å². The van der Waals surface area contributed by atoms with E-state index in [1.165, 1.54) is 11.9 Å². The minimum Gasteiger partial charge on any atom is -0.481 e. The normalized spacial score (nSPS) is 13.0. The lowest BCUT2D eigenvalue weighted by Gasteiger charge is -2.23. The lowest BCUT2D eigenvalue weighted by molar-refractivity contribution is -0.142. The Bertz CT molecular complexity index is 1140. The van der Waals surface area contributed by atoms with Crippen LogP contribution in [0.15, 0.2) is 48.5 Å². The third-order valence-electron chi connectivity index (χ3n) is 5.75. The zero-order valence-corrected chi connectivity index (χ0v) is 18.5. The van der Waals surface area contributed by atoms with Crippen LogP contribution >= 0.6 is 0 Å². The summed E-state index contributed by atoms with van der Waals surface area (Å²) in [7, 11) is 1.51. The van der Waals surface area contributed by atoms with Crippen molar-refractivity contribution in [2.45, 2.75) is 24.8 Å². The van der Waals surface area contributed by atoms with Gasteiger partial charge in [-0.3, -0.25) is 9.59 Å². The second-order valence-electron chi connectivity index (χ2n) is 7.96. The van der Waals surface area contributed by atoms with Crippen molar-refractivity contribution in [1.29, 1.82) is 0 Å². The van der Waals surface area contributed by atoms with Crippen LogP contribution < -0.4 is 5.32 Å². The number of tetrazole rings is 1. The van der Waals surface area contributed by atoms with Gasteiger partial charge in [-0.1, -0.05) is 53.7 Å². The molecule has 1 aromatic heterocycles. The molecule has 0 aliphatic heterocycles. The Labute approximate surface area is 195 Å². The number of alkyl carbamates (subject to hydrolysis) is 1. The van der Waals surface area contributed by atoms with Crippen molar-refractivity contribution < 1.29 is 24.2 Å². The zero-order chi connectivity index (χ0) is 24.1. The number of aliphatic carboxylic acids is 1. The molecule has 1 aliphatic carbocycles. The summed E-state index contributed by atoms with van der Waals surface area (Å²) in [5.41, 5.74) is 4.29. The third-order valence-corrected chi connectivity index (χ3v) is 5.75. The molecule has 0 fully saturated rings. The molecule has 0 bridgehead atoms. The van der Waals surface area contributed by atoms with Gasteiger partial charge < -0.3 is 20.1 Å². The molecule has 11 heteroatoms. The Morgan fingerprint density at radius 3 is 2.35 bits per heavy atom. The second kappa shape index (κ2) is 10.1. The standard InChI is InChI=1S/C23H24N6O5/c1-29(11-10-20-25-27-28-26-20)22(32)19(12-21(30)31)24-23(33)34-13-18-16-8-4-2-6-14(16)15-7-3-5-9-17(15)18/h2-9,18-19H,10-13H2,1H3,(H,24,33)(H,30,31)(H,25,26,27,28). The molecule has 11 nitrogen and oxygen atoms in total. The van der Waals surface area contributed by atoms with E-state index >= 15 is 0 Å². The number of benzene rings is 2.